The van der Waals surface area contributed by atoms with Crippen LogP contribution in [0.15, 0.2) is 27.5 Å². The van der Waals surface area contributed by atoms with Gasteiger partial charge < -0.3 is 9.63 Å². The average molecular weight is 379 g/mol. The molecule has 1 aromatic carbocycles. The highest BCUT2D eigenvalue weighted by Gasteiger charge is 2.26. The fraction of sp³-hybridized carbons (Fsp3) is 0.381. The van der Waals surface area contributed by atoms with Crippen molar-refractivity contribution in [2.45, 2.75) is 51.4 Å². The SMILES string of the molecule is O=C(CCc1noc2c1CCc1cc(O)ccc1-2)n1[nH]c(=O)c2c1CCCC2. The van der Waals surface area contributed by atoms with Crippen molar-refractivity contribution >= 4 is 5.91 Å². The van der Waals surface area contributed by atoms with Gasteiger partial charge in [0.25, 0.3) is 5.56 Å². The number of H-pyrrole nitrogens is 1. The Bertz CT molecular complexity index is 1140. The number of aromatic hydroxyl groups is 1. The van der Waals surface area contributed by atoms with Gasteiger partial charge in [0.05, 0.1) is 11.4 Å². The minimum absolute atomic E-state index is 0.113. The number of aromatic nitrogens is 3. The highest BCUT2D eigenvalue weighted by atomic mass is 16.5. The lowest BCUT2D eigenvalue weighted by Gasteiger charge is -2.15. The monoisotopic (exact) mass is 379 g/mol. The topological polar surface area (TPSA) is 101 Å². The van der Waals surface area contributed by atoms with Crippen molar-refractivity contribution in [3.8, 4) is 17.1 Å². The predicted molar refractivity (Wildman–Crippen MR) is 102 cm³/mol. The minimum Gasteiger partial charge on any atom is -0.508 e. The number of aromatic amines is 1. The molecule has 0 aliphatic heterocycles. The maximum atomic E-state index is 12.7. The van der Waals surface area contributed by atoms with Gasteiger partial charge in [0.2, 0.25) is 5.91 Å². The van der Waals surface area contributed by atoms with Gasteiger partial charge in [0.15, 0.2) is 5.76 Å². The van der Waals surface area contributed by atoms with Gasteiger partial charge in [-0.25, -0.2) is 4.68 Å². The molecule has 2 aliphatic rings. The van der Waals surface area contributed by atoms with E-state index in [-0.39, 0.29) is 23.6 Å². The van der Waals surface area contributed by atoms with E-state index in [1.807, 2.05) is 6.07 Å². The first kappa shape index (κ1) is 17.0. The van der Waals surface area contributed by atoms with E-state index in [9.17, 15) is 14.7 Å². The van der Waals surface area contributed by atoms with Crippen molar-refractivity contribution in [1.29, 1.82) is 0 Å². The molecule has 0 bridgehead atoms. The quantitative estimate of drug-likeness (QED) is 0.729. The molecule has 0 unspecified atom stereocenters. The molecular weight excluding hydrogens is 358 g/mol. The standard InChI is InChI=1S/C21H21N3O4/c25-13-6-8-14-12(11-13)5-7-15-17(23-28-20(14)15)9-10-19(26)24-18-4-2-1-3-16(18)21(27)22-24/h6,8,11,25H,1-5,7,9-10H2,(H,22,27). The van der Waals surface area contributed by atoms with Gasteiger partial charge in [-0.15, -0.1) is 0 Å². The second-order valence-electron chi connectivity index (χ2n) is 7.58. The number of rotatable bonds is 3. The summed E-state index contributed by atoms with van der Waals surface area (Å²) in [6.07, 6.45) is 5.83. The highest BCUT2D eigenvalue weighted by Crippen LogP contribution is 2.37. The van der Waals surface area contributed by atoms with E-state index in [1.54, 1.807) is 12.1 Å². The molecule has 28 heavy (non-hydrogen) atoms. The van der Waals surface area contributed by atoms with Gasteiger partial charge in [0, 0.05) is 29.5 Å². The molecule has 2 heterocycles. The zero-order valence-corrected chi connectivity index (χ0v) is 15.5. The summed E-state index contributed by atoms with van der Waals surface area (Å²) in [7, 11) is 0. The smallest absolute Gasteiger partial charge is 0.267 e. The number of hydrogen-bond donors (Lipinski definition) is 2. The lowest BCUT2D eigenvalue weighted by Crippen LogP contribution is -2.18. The Hall–Kier alpha value is -3.09. The molecule has 2 aliphatic carbocycles. The fourth-order valence-corrected chi connectivity index (χ4v) is 4.44. The molecule has 3 aromatic rings. The summed E-state index contributed by atoms with van der Waals surface area (Å²) < 4.78 is 7.02. The molecule has 0 radical (unpaired) electrons. The second kappa shape index (κ2) is 6.51. The average Bonchev–Trinajstić information content (AvgIpc) is 3.27. The van der Waals surface area contributed by atoms with Gasteiger partial charge in [0.1, 0.15) is 5.75 Å². The summed E-state index contributed by atoms with van der Waals surface area (Å²) in [4.78, 5) is 24.8. The van der Waals surface area contributed by atoms with Crippen molar-refractivity contribution in [2.24, 2.45) is 0 Å². The van der Waals surface area contributed by atoms with Gasteiger partial charge in [-0.3, -0.25) is 14.7 Å². The zero-order chi connectivity index (χ0) is 19.3. The van der Waals surface area contributed by atoms with Crippen LogP contribution in [0.3, 0.4) is 0 Å². The number of phenolic OH excluding ortho intramolecular Hbond substituents is 1. The molecule has 0 fully saturated rings. The summed E-state index contributed by atoms with van der Waals surface area (Å²) >= 11 is 0. The molecule has 0 atom stereocenters. The number of nitrogens with one attached hydrogen (secondary N) is 1. The Morgan fingerprint density at radius 3 is 2.93 bits per heavy atom. The third-order valence-electron chi connectivity index (χ3n) is 5.87. The van der Waals surface area contributed by atoms with Gasteiger partial charge in [-0.1, -0.05) is 5.16 Å². The molecule has 2 N–H and O–H groups in total. The number of benzene rings is 1. The predicted octanol–water partition coefficient (Wildman–Crippen LogP) is 2.79. The van der Waals surface area contributed by atoms with Crippen LogP contribution in [0.2, 0.25) is 0 Å². The first-order valence-electron chi connectivity index (χ1n) is 9.77. The lowest BCUT2D eigenvalue weighted by atomic mass is 9.89. The maximum absolute atomic E-state index is 12.7. The van der Waals surface area contributed by atoms with Crippen molar-refractivity contribution in [1.82, 2.24) is 14.9 Å². The molecule has 0 amide bonds. The normalized spacial score (nSPS) is 15.0. The third kappa shape index (κ3) is 2.69. The van der Waals surface area contributed by atoms with E-state index in [2.05, 4.69) is 10.3 Å². The van der Waals surface area contributed by atoms with E-state index < -0.39 is 0 Å². The Kier molecular flexibility index (Phi) is 3.96. The molecule has 0 saturated carbocycles. The second-order valence-corrected chi connectivity index (χ2v) is 7.58. The molecule has 7 nitrogen and oxygen atoms in total. The maximum Gasteiger partial charge on any atom is 0.267 e. The summed E-state index contributed by atoms with van der Waals surface area (Å²) in [5.41, 5.74) is 5.30. The van der Waals surface area contributed by atoms with Crippen LogP contribution in [0.1, 0.15) is 52.1 Å². The number of phenols is 1. The number of carbonyl (C=O) groups excluding carboxylic acids is 1. The van der Waals surface area contributed by atoms with Crippen LogP contribution in [-0.2, 0) is 32.1 Å². The van der Waals surface area contributed by atoms with Crippen LogP contribution in [0, 0.1) is 0 Å². The van der Waals surface area contributed by atoms with E-state index >= 15 is 0 Å². The molecule has 5 rings (SSSR count). The number of nitrogens with zero attached hydrogens (tertiary/aromatic N) is 2. The van der Waals surface area contributed by atoms with Crippen LogP contribution in [0.25, 0.3) is 11.3 Å². The van der Waals surface area contributed by atoms with Crippen molar-refractivity contribution in [3.63, 3.8) is 0 Å². The Morgan fingerprint density at radius 1 is 1.18 bits per heavy atom. The summed E-state index contributed by atoms with van der Waals surface area (Å²) in [6.45, 7) is 0. The first-order chi connectivity index (χ1) is 13.6. The molecule has 2 aromatic heterocycles. The molecular formula is C21H21N3O4. The van der Waals surface area contributed by atoms with E-state index in [0.717, 1.165) is 77.9 Å². The Balaban J connectivity index is 1.37. The Labute approximate surface area is 161 Å². The van der Waals surface area contributed by atoms with E-state index in [1.165, 1.54) is 4.68 Å². The van der Waals surface area contributed by atoms with Crippen LogP contribution >= 0.6 is 0 Å². The number of carbonyl (C=O) groups is 1. The number of aryl methyl sites for hydroxylation is 2. The molecule has 7 heteroatoms. The summed E-state index contributed by atoms with van der Waals surface area (Å²) in [6, 6.07) is 5.25. The summed E-state index contributed by atoms with van der Waals surface area (Å²) in [5.74, 6) is 0.866. The van der Waals surface area contributed by atoms with Crippen LogP contribution in [-0.4, -0.2) is 26.0 Å². The van der Waals surface area contributed by atoms with E-state index in [0.29, 0.717) is 6.42 Å². The Morgan fingerprint density at radius 2 is 2.04 bits per heavy atom. The van der Waals surface area contributed by atoms with Crippen LogP contribution < -0.4 is 5.56 Å². The largest absolute Gasteiger partial charge is 0.508 e. The van der Waals surface area contributed by atoms with Crippen LogP contribution in [0.5, 0.6) is 5.75 Å². The molecule has 144 valence electrons. The molecule has 0 spiro atoms. The van der Waals surface area contributed by atoms with Gasteiger partial charge in [-0.05, 0) is 62.3 Å². The van der Waals surface area contributed by atoms with Crippen LogP contribution in [0.4, 0.5) is 0 Å². The first-order valence-corrected chi connectivity index (χ1v) is 9.77. The third-order valence-corrected chi connectivity index (χ3v) is 5.87. The minimum atomic E-state index is -0.137. The van der Waals surface area contributed by atoms with Crippen molar-refractivity contribution in [2.75, 3.05) is 0 Å². The number of hydrogen-bond acceptors (Lipinski definition) is 5. The fourth-order valence-electron chi connectivity index (χ4n) is 4.44. The highest BCUT2D eigenvalue weighted by molar-refractivity contribution is 5.79. The van der Waals surface area contributed by atoms with Crippen molar-refractivity contribution < 1.29 is 14.4 Å². The van der Waals surface area contributed by atoms with Crippen molar-refractivity contribution in [3.05, 3.63) is 56.6 Å². The lowest BCUT2D eigenvalue weighted by molar-refractivity contribution is 0.0881. The number of fused-ring (bicyclic) bond motifs is 4. The van der Waals surface area contributed by atoms with Gasteiger partial charge in [-0.2, -0.15) is 0 Å². The zero-order valence-electron chi connectivity index (χ0n) is 15.5. The molecule has 0 saturated heterocycles. The van der Waals surface area contributed by atoms with Gasteiger partial charge >= 0.3 is 0 Å². The summed E-state index contributed by atoms with van der Waals surface area (Å²) in [5, 5.41) is 16.6. The van der Waals surface area contributed by atoms with E-state index in [4.69, 9.17) is 4.52 Å².